The summed E-state index contributed by atoms with van der Waals surface area (Å²) in [7, 11) is 1.70. The molecule has 0 heterocycles. The summed E-state index contributed by atoms with van der Waals surface area (Å²) in [5, 5.41) is 9.11. The number of ether oxygens (including phenoxy) is 1. The second-order valence-electron chi connectivity index (χ2n) is 6.46. The van der Waals surface area contributed by atoms with Crippen LogP contribution in [0.4, 0.5) is 0 Å². The summed E-state index contributed by atoms with van der Waals surface area (Å²) in [4.78, 5) is 0. The molecule has 0 unspecified atom stereocenters. The Balaban J connectivity index is 3.17. The molecular formula is C16H23NO. The lowest BCUT2D eigenvalue weighted by molar-refractivity contribution is 0.396. The molecule has 0 bridgehead atoms. The number of rotatable bonds is 3. The van der Waals surface area contributed by atoms with E-state index in [9.17, 15) is 0 Å². The van der Waals surface area contributed by atoms with Gasteiger partial charge in [0.2, 0.25) is 0 Å². The van der Waals surface area contributed by atoms with Gasteiger partial charge in [0.05, 0.1) is 18.6 Å². The number of methoxy groups -OCH3 is 1. The average molecular weight is 245 g/mol. The Labute approximate surface area is 111 Å². The quantitative estimate of drug-likeness (QED) is 0.803. The fourth-order valence-corrected chi connectivity index (χ4v) is 2.00. The van der Waals surface area contributed by atoms with Crippen LogP contribution in [0.1, 0.15) is 45.7 Å². The van der Waals surface area contributed by atoms with Crippen LogP contribution in [-0.2, 0) is 11.8 Å². The lowest BCUT2D eigenvalue weighted by Gasteiger charge is -2.24. The SMILES string of the molecule is COc1ccc(CC(C)(C)C#N)cc1C(C)(C)C. The highest BCUT2D eigenvalue weighted by atomic mass is 16.5. The van der Waals surface area contributed by atoms with Gasteiger partial charge in [-0.3, -0.25) is 0 Å². The summed E-state index contributed by atoms with van der Waals surface area (Å²) in [6.07, 6.45) is 0.760. The fourth-order valence-electron chi connectivity index (χ4n) is 2.00. The van der Waals surface area contributed by atoms with Crippen LogP contribution in [-0.4, -0.2) is 7.11 Å². The molecule has 2 nitrogen and oxygen atoms in total. The number of hydrogen-bond acceptors (Lipinski definition) is 2. The summed E-state index contributed by atoms with van der Waals surface area (Å²) in [6, 6.07) is 8.56. The van der Waals surface area contributed by atoms with Gasteiger partial charge in [0.15, 0.2) is 0 Å². The van der Waals surface area contributed by atoms with E-state index in [1.807, 2.05) is 26.0 Å². The molecule has 0 atom stereocenters. The molecule has 0 fully saturated rings. The number of benzene rings is 1. The third-order valence-corrected chi connectivity index (χ3v) is 3.02. The van der Waals surface area contributed by atoms with Gasteiger partial charge < -0.3 is 4.74 Å². The molecule has 0 radical (unpaired) electrons. The highest BCUT2D eigenvalue weighted by molar-refractivity contribution is 5.42. The Morgan fingerprint density at radius 2 is 1.78 bits per heavy atom. The molecule has 1 rings (SSSR count). The summed E-state index contributed by atoms with van der Waals surface area (Å²) in [5.74, 6) is 0.918. The Hall–Kier alpha value is -1.49. The standard InChI is InChI=1S/C16H23NO/c1-15(2,3)13-9-12(7-8-14(13)18-6)10-16(4,5)11-17/h7-9H,10H2,1-6H3. The molecule has 0 aromatic heterocycles. The molecule has 1 aromatic carbocycles. The van der Waals surface area contributed by atoms with E-state index in [1.54, 1.807) is 7.11 Å². The van der Waals surface area contributed by atoms with Crippen LogP contribution in [0.3, 0.4) is 0 Å². The minimum absolute atomic E-state index is 0.0398. The summed E-state index contributed by atoms with van der Waals surface area (Å²) in [6.45, 7) is 10.4. The second-order valence-corrected chi connectivity index (χ2v) is 6.46. The van der Waals surface area contributed by atoms with Crippen LogP contribution in [0.5, 0.6) is 5.75 Å². The lowest BCUT2D eigenvalue weighted by Crippen LogP contribution is -2.16. The Kier molecular flexibility index (Phi) is 4.06. The lowest BCUT2D eigenvalue weighted by atomic mass is 9.82. The Bertz CT molecular complexity index is 461. The van der Waals surface area contributed by atoms with E-state index in [-0.39, 0.29) is 10.8 Å². The van der Waals surface area contributed by atoms with E-state index in [1.165, 1.54) is 11.1 Å². The highest BCUT2D eigenvalue weighted by Crippen LogP contribution is 2.33. The van der Waals surface area contributed by atoms with Gasteiger partial charge in [0, 0.05) is 0 Å². The predicted molar refractivity (Wildman–Crippen MR) is 74.8 cm³/mol. The third-order valence-electron chi connectivity index (χ3n) is 3.02. The minimum atomic E-state index is -0.330. The van der Waals surface area contributed by atoms with Gasteiger partial charge in [-0.25, -0.2) is 0 Å². The van der Waals surface area contributed by atoms with Crippen molar-refractivity contribution in [2.24, 2.45) is 5.41 Å². The maximum Gasteiger partial charge on any atom is 0.122 e. The molecule has 18 heavy (non-hydrogen) atoms. The van der Waals surface area contributed by atoms with E-state index in [0.717, 1.165) is 12.2 Å². The minimum Gasteiger partial charge on any atom is -0.496 e. The van der Waals surface area contributed by atoms with Gasteiger partial charge >= 0.3 is 0 Å². The number of hydrogen-bond donors (Lipinski definition) is 0. The molecule has 0 N–H and O–H groups in total. The summed E-state index contributed by atoms with van der Waals surface area (Å²) >= 11 is 0. The van der Waals surface area contributed by atoms with Crippen molar-refractivity contribution in [2.75, 3.05) is 7.11 Å². The zero-order chi connectivity index (χ0) is 14.0. The molecule has 0 spiro atoms. The van der Waals surface area contributed by atoms with Crippen LogP contribution < -0.4 is 4.74 Å². The van der Waals surface area contributed by atoms with Gasteiger partial charge in [0.1, 0.15) is 5.75 Å². The third kappa shape index (κ3) is 3.50. The van der Waals surface area contributed by atoms with E-state index in [0.29, 0.717) is 0 Å². The molecule has 1 aromatic rings. The van der Waals surface area contributed by atoms with E-state index < -0.39 is 0 Å². The fraction of sp³-hybridized carbons (Fsp3) is 0.562. The zero-order valence-corrected chi connectivity index (χ0v) is 12.3. The number of nitriles is 1. The zero-order valence-electron chi connectivity index (χ0n) is 12.3. The Morgan fingerprint density at radius 1 is 1.17 bits per heavy atom. The summed E-state index contributed by atoms with van der Waals surface area (Å²) in [5.41, 5.74) is 2.09. The predicted octanol–water partition coefficient (Wildman–Crippen LogP) is 4.08. The van der Waals surface area contributed by atoms with Gasteiger partial charge in [-0.15, -0.1) is 0 Å². The van der Waals surface area contributed by atoms with Crippen molar-refractivity contribution in [2.45, 2.75) is 46.5 Å². The van der Waals surface area contributed by atoms with Gasteiger partial charge in [0.25, 0.3) is 0 Å². The largest absolute Gasteiger partial charge is 0.496 e. The molecule has 0 aliphatic carbocycles. The van der Waals surface area contributed by atoms with E-state index in [2.05, 4.69) is 32.9 Å². The van der Waals surface area contributed by atoms with Crippen LogP contribution in [0.2, 0.25) is 0 Å². The van der Waals surface area contributed by atoms with Gasteiger partial charge in [-0.05, 0) is 42.9 Å². The van der Waals surface area contributed by atoms with E-state index in [4.69, 9.17) is 10.00 Å². The maximum atomic E-state index is 9.11. The second kappa shape index (κ2) is 5.02. The molecule has 0 aliphatic rings. The first-order chi connectivity index (χ1) is 8.19. The van der Waals surface area contributed by atoms with Crippen molar-refractivity contribution in [1.29, 1.82) is 5.26 Å². The normalized spacial score (nSPS) is 12.1. The molecule has 0 saturated carbocycles. The van der Waals surface area contributed by atoms with Crippen molar-refractivity contribution in [3.8, 4) is 11.8 Å². The summed E-state index contributed by atoms with van der Waals surface area (Å²) < 4.78 is 5.42. The molecule has 98 valence electrons. The van der Waals surface area contributed by atoms with E-state index >= 15 is 0 Å². The maximum absolute atomic E-state index is 9.11. The van der Waals surface area contributed by atoms with Crippen LogP contribution in [0.15, 0.2) is 18.2 Å². The molecule has 0 saturated heterocycles. The van der Waals surface area contributed by atoms with Crippen LogP contribution >= 0.6 is 0 Å². The topological polar surface area (TPSA) is 33.0 Å². The highest BCUT2D eigenvalue weighted by Gasteiger charge is 2.22. The van der Waals surface area contributed by atoms with Crippen molar-refractivity contribution < 1.29 is 4.74 Å². The van der Waals surface area contributed by atoms with Crippen LogP contribution in [0.25, 0.3) is 0 Å². The van der Waals surface area contributed by atoms with Crippen molar-refractivity contribution >= 4 is 0 Å². The van der Waals surface area contributed by atoms with Crippen molar-refractivity contribution in [3.63, 3.8) is 0 Å². The first-order valence-electron chi connectivity index (χ1n) is 6.28. The van der Waals surface area contributed by atoms with Crippen molar-refractivity contribution in [3.05, 3.63) is 29.3 Å². The molecule has 0 aliphatic heterocycles. The molecular weight excluding hydrogens is 222 g/mol. The monoisotopic (exact) mass is 245 g/mol. The van der Waals surface area contributed by atoms with Crippen LogP contribution in [0, 0.1) is 16.7 Å². The molecule has 0 amide bonds. The van der Waals surface area contributed by atoms with Gasteiger partial charge in [-0.1, -0.05) is 32.9 Å². The average Bonchev–Trinajstić information content (AvgIpc) is 2.27. The van der Waals surface area contributed by atoms with Gasteiger partial charge in [-0.2, -0.15) is 5.26 Å². The first-order valence-corrected chi connectivity index (χ1v) is 6.28. The Morgan fingerprint density at radius 3 is 2.22 bits per heavy atom. The first kappa shape index (κ1) is 14.6. The smallest absolute Gasteiger partial charge is 0.122 e. The number of nitrogens with zero attached hydrogens (tertiary/aromatic N) is 1. The van der Waals surface area contributed by atoms with Crippen molar-refractivity contribution in [1.82, 2.24) is 0 Å². The molecule has 2 heteroatoms.